The van der Waals surface area contributed by atoms with Crippen molar-refractivity contribution < 1.29 is 17.6 Å². The number of halogens is 4. The number of rotatable bonds is 1. The zero-order valence-electron chi connectivity index (χ0n) is 7.27. The maximum Gasteiger partial charge on any atom is 0.429 e. The third kappa shape index (κ3) is 2.83. The molecular weight excluding hydrogens is 198 g/mol. The van der Waals surface area contributed by atoms with Gasteiger partial charge >= 0.3 is 6.18 Å². The van der Waals surface area contributed by atoms with Crippen molar-refractivity contribution in [3.8, 4) is 0 Å². The highest BCUT2D eigenvalue weighted by molar-refractivity contribution is 5.89. The second-order valence-electron chi connectivity index (χ2n) is 2.67. The van der Waals surface area contributed by atoms with Crippen LogP contribution in [0.15, 0.2) is 29.3 Å². The average molecular weight is 205 g/mol. The number of alkyl halides is 3. The van der Waals surface area contributed by atoms with Gasteiger partial charge in [0.15, 0.2) is 0 Å². The van der Waals surface area contributed by atoms with E-state index in [1.54, 1.807) is 0 Å². The normalized spacial score (nSPS) is 13.1. The Labute approximate surface area is 78.1 Å². The van der Waals surface area contributed by atoms with E-state index < -0.39 is 17.7 Å². The van der Waals surface area contributed by atoms with Gasteiger partial charge in [0.1, 0.15) is 11.5 Å². The van der Waals surface area contributed by atoms with Crippen LogP contribution in [0.1, 0.15) is 6.92 Å². The lowest BCUT2D eigenvalue weighted by Crippen LogP contribution is -2.18. The van der Waals surface area contributed by atoms with Gasteiger partial charge in [-0.2, -0.15) is 13.2 Å². The fourth-order valence-corrected chi connectivity index (χ4v) is 0.803. The number of hydrogen-bond donors (Lipinski definition) is 0. The van der Waals surface area contributed by atoms with E-state index in [2.05, 4.69) is 4.99 Å². The molecule has 5 heteroatoms. The van der Waals surface area contributed by atoms with Crippen molar-refractivity contribution in [2.24, 2.45) is 4.99 Å². The van der Waals surface area contributed by atoms with Gasteiger partial charge in [-0.3, -0.25) is 0 Å². The van der Waals surface area contributed by atoms with Gasteiger partial charge in [-0.1, -0.05) is 6.07 Å². The third-order valence-electron chi connectivity index (χ3n) is 1.52. The van der Waals surface area contributed by atoms with Crippen molar-refractivity contribution in [1.29, 1.82) is 0 Å². The molecule has 0 aliphatic heterocycles. The van der Waals surface area contributed by atoms with Gasteiger partial charge in [-0.05, 0) is 25.1 Å². The maximum absolute atomic E-state index is 12.6. The van der Waals surface area contributed by atoms with Crippen LogP contribution in [0.25, 0.3) is 0 Å². The van der Waals surface area contributed by atoms with Crippen molar-refractivity contribution >= 4 is 11.4 Å². The van der Waals surface area contributed by atoms with Gasteiger partial charge < -0.3 is 0 Å². The molecule has 0 bridgehead atoms. The monoisotopic (exact) mass is 205 g/mol. The first-order chi connectivity index (χ1) is 6.39. The van der Waals surface area contributed by atoms with Gasteiger partial charge in [-0.25, -0.2) is 9.38 Å². The van der Waals surface area contributed by atoms with Crippen LogP contribution < -0.4 is 0 Å². The highest BCUT2D eigenvalue weighted by atomic mass is 19.4. The summed E-state index contributed by atoms with van der Waals surface area (Å²) in [5.74, 6) is -0.610. The molecule has 0 spiro atoms. The quantitative estimate of drug-likeness (QED) is 0.491. The van der Waals surface area contributed by atoms with E-state index in [1.165, 1.54) is 12.1 Å². The first kappa shape index (κ1) is 10.7. The van der Waals surface area contributed by atoms with Crippen LogP contribution in [-0.4, -0.2) is 11.9 Å². The fraction of sp³-hybridized carbons (Fsp3) is 0.222. The lowest BCUT2D eigenvalue weighted by atomic mass is 10.3. The Morgan fingerprint density at radius 1 is 1.29 bits per heavy atom. The molecule has 0 heterocycles. The van der Waals surface area contributed by atoms with E-state index in [0.717, 1.165) is 19.1 Å². The third-order valence-corrected chi connectivity index (χ3v) is 1.52. The molecule has 0 saturated carbocycles. The number of nitrogens with zero attached hydrogens (tertiary/aromatic N) is 1. The molecule has 1 aromatic rings. The lowest BCUT2D eigenvalue weighted by Gasteiger charge is -2.04. The fourth-order valence-electron chi connectivity index (χ4n) is 0.803. The Bertz CT molecular complexity index is 354. The summed E-state index contributed by atoms with van der Waals surface area (Å²) in [4.78, 5) is 3.24. The van der Waals surface area contributed by atoms with Crippen molar-refractivity contribution in [3.05, 3.63) is 30.1 Å². The Morgan fingerprint density at radius 2 is 1.93 bits per heavy atom. The van der Waals surface area contributed by atoms with Crippen LogP contribution in [0.4, 0.5) is 23.2 Å². The molecule has 0 radical (unpaired) electrons. The van der Waals surface area contributed by atoms with E-state index >= 15 is 0 Å². The summed E-state index contributed by atoms with van der Waals surface area (Å²) in [7, 11) is 0. The molecule has 0 atom stereocenters. The van der Waals surface area contributed by atoms with Crippen molar-refractivity contribution in [1.82, 2.24) is 0 Å². The molecule has 1 rings (SSSR count). The minimum atomic E-state index is -4.47. The minimum absolute atomic E-state index is 0.0418. The molecule has 0 saturated heterocycles. The second kappa shape index (κ2) is 3.77. The number of hydrogen-bond acceptors (Lipinski definition) is 1. The van der Waals surface area contributed by atoms with Crippen LogP contribution in [-0.2, 0) is 0 Å². The summed E-state index contributed by atoms with van der Waals surface area (Å²) >= 11 is 0. The van der Waals surface area contributed by atoms with Crippen LogP contribution >= 0.6 is 0 Å². The van der Waals surface area contributed by atoms with Gasteiger partial charge in [0.05, 0.1) is 5.69 Å². The summed E-state index contributed by atoms with van der Waals surface area (Å²) in [6, 6.07) is 4.69. The van der Waals surface area contributed by atoms with Crippen molar-refractivity contribution in [2.45, 2.75) is 13.1 Å². The SMILES string of the molecule is CC(=Nc1cccc(F)c1)C(F)(F)F. The van der Waals surface area contributed by atoms with Crippen molar-refractivity contribution in [3.63, 3.8) is 0 Å². The summed E-state index contributed by atoms with van der Waals surface area (Å²) in [5, 5.41) is 0. The molecule has 0 unspecified atom stereocenters. The largest absolute Gasteiger partial charge is 0.429 e. The van der Waals surface area contributed by atoms with E-state index in [0.29, 0.717) is 0 Å². The lowest BCUT2D eigenvalue weighted by molar-refractivity contribution is -0.0591. The van der Waals surface area contributed by atoms with Gasteiger partial charge in [0.2, 0.25) is 0 Å². The Balaban J connectivity index is 2.98. The molecule has 0 N–H and O–H groups in total. The maximum atomic E-state index is 12.6. The Morgan fingerprint density at radius 3 is 2.43 bits per heavy atom. The summed E-state index contributed by atoms with van der Waals surface area (Å²) in [5.41, 5.74) is -1.04. The van der Waals surface area contributed by atoms with Crippen LogP contribution in [0, 0.1) is 5.82 Å². The Hall–Kier alpha value is -1.39. The average Bonchev–Trinajstić information content (AvgIpc) is 2.02. The first-order valence-corrected chi connectivity index (χ1v) is 3.77. The van der Waals surface area contributed by atoms with Gasteiger partial charge in [0, 0.05) is 0 Å². The summed E-state index contributed by atoms with van der Waals surface area (Å²) in [6.45, 7) is 0.838. The highest BCUT2D eigenvalue weighted by Gasteiger charge is 2.31. The second-order valence-corrected chi connectivity index (χ2v) is 2.67. The molecule has 1 nitrogen and oxygen atoms in total. The predicted octanol–water partition coefficient (Wildman–Crippen LogP) is 3.48. The molecule has 0 aliphatic rings. The topological polar surface area (TPSA) is 12.4 Å². The van der Waals surface area contributed by atoms with E-state index in [-0.39, 0.29) is 5.69 Å². The van der Waals surface area contributed by atoms with E-state index in [4.69, 9.17) is 0 Å². The van der Waals surface area contributed by atoms with E-state index in [1.807, 2.05) is 0 Å². The molecule has 14 heavy (non-hydrogen) atoms. The molecule has 0 aromatic heterocycles. The summed E-state index contributed by atoms with van der Waals surface area (Å²) in [6.07, 6.45) is -4.47. The van der Waals surface area contributed by atoms with E-state index in [9.17, 15) is 17.6 Å². The summed E-state index contributed by atoms with van der Waals surface area (Å²) < 4.78 is 48.6. The smallest absolute Gasteiger partial charge is 0.249 e. The first-order valence-electron chi connectivity index (χ1n) is 3.77. The highest BCUT2D eigenvalue weighted by Crippen LogP contribution is 2.21. The molecule has 76 valence electrons. The molecule has 0 aliphatic carbocycles. The van der Waals surface area contributed by atoms with Gasteiger partial charge in [-0.15, -0.1) is 0 Å². The van der Waals surface area contributed by atoms with Crippen molar-refractivity contribution in [2.75, 3.05) is 0 Å². The molecule has 1 aromatic carbocycles. The molecule has 0 amide bonds. The Kier molecular flexibility index (Phi) is 2.88. The van der Waals surface area contributed by atoms with Crippen LogP contribution in [0.3, 0.4) is 0 Å². The van der Waals surface area contributed by atoms with Crippen LogP contribution in [0.2, 0.25) is 0 Å². The van der Waals surface area contributed by atoms with Gasteiger partial charge in [0.25, 0.3) is 0 Å². The van der Waals surface area contributed by atoms with Crippen LogP contribution in [0.5, 0.6) is 0 Å². The number of aliphatic imine (C=N–C) groups is 1. The molecule has 0 fully saturated rings. The molecular formula is C9H7F4N. The predicted molar refractivity (Wildman–Crippen MR) is 45.2 cm³/mol. The standard InChI is InChI=1S/C9H7F4N/c1-6(9(11,12)13)14-8-4-2-3-7(10)5-8/h2-5H,1H3. The number of benzene rings is 1. The zero-order valence-corrected chi connectivity index (χ0v) is 7.27. The minimum Gasteiger partial charge on any atom is -0.249 e. The zero-order chi connectivity index (χ0) is 10.8.